The van der Waals surface area contributed by atoms with Gasteiger partial charge in [0.2, 0.25) is 5.91 Å². The molecule has 6 heteroatoms. The van der Waals surface area contributed by atoms with Crippen LogP contribution in [0.4, 0.5) is 4.79 Å². The van der Waals surface area contributed by atoms with E-state index in [1.54, 1.807) is 0 Å². The first kappa shape index (κ1) is 23.2. The Balaban J connectivity index is 1.69. The lowest BCUT2D eigenvalue weighted by molar-refractivity contribution is -0.126. The highest BCUT2D eigenvalue weighted by molar-refractivity contribution is 5.81. The standard InChI is InChI=1S/C23H37N3O3/c1-17(20-9-7-6-8-10-20)15-24-21(27)18(2)26-13-11-19(12-14-26)16-25-22(28)29-23(3,4)5/h6-10,17-19H,11-16H2,1-5H3,(H,24,27)(H,25,28). The number of piperidine rings is 1. The number of carbonyl (C=O) groups is 2. The monoisotopic (exact) mass is 403 g/mol. The number of likely N-dealkylation sites (tertiary alicyclic amines) is 1. The predicted molar refractivity (Wildman–Crippen MR) is 116 cm³/mol. The summed E-state index contributed by atoms with van der Waals surface area (Å²) in [4.78, 5) is 26.6. The van der Waals surface area contributed by atoms with Gasteiger partial charge in [0.1, 0.15) is 5.60 Å². The van der Waals surface area contributed by atoms with E-state index >= 15 is 0 Å². The van der Waals surface area contributed by atoms with Gasteiger partial charge in [0.05, 0.1) is 6.04 Å². The van der Waals surface area contributed by atoms with E-state index < -0.39 is 5.60 Å². The molecule has 2 unspecified atom stereocenters. The summed E-state index contributed by atoms with van der Waals surface area (Å²) < 4.78 is 5.28. The lowest BCUT2D eigenvalue weighted by atomic mass is 9.95. The number of hydrogen-bond donors (Lipinski definition) is 2. The Hall–Kier alpha value is -2.08. The Morgan fingerprint density at radius 3 is 2.31 bits per heavy atom. The van der Waals surface area contributed by atoms with Gasteiger partial charge >= 0.3 is 6.09 Å². The van der Waals surface area contributed by atoms with Gasteiger partial charge in [-0.15, -0.1) is 0 Å². The number of hydrogen-bond acceptors (Lipinski definition) is 4. The second kappa shape index (κ2) is 10.6. The minimum absolute atomic E-state index is 0.0816. The van der Waals surface area contributed by atoms with Crippen molar-refractivity contribution in [1.82, 2.24) is 15.5 Å². The fraction of sp³-hybridized carbons (Fsp3) is 0.652. The van der Waals surface area contributed by atoms with Gasteiger partial charge in [-0.05, 0) is 71.0 Å². The molecule has 1 saturated heterocycles. The molecule has 2 rings (SSSR count). The van der Waals surface area contributed by atoms with E-state index in [9.17, 15) is 9.59 Å². The van der Waals surface area contributed by atoms with Crippen molar-refractivity contribution in [3.8, 4) is 0 Å². The zero-order chi connectivity index (χ0) is 21.4. The van der Waals surface area contributed by atoms with Gasteiger partial charge in [0.15, 0.2) is 0 Å². The Bertz CT molecular complexity index is 649. The zero-order valence-corrected chi connectivity index (χ0v) is 18.5. The number of benzene rings is 1. The van der Waals surface area contributed by atoms with Crippen molar-refractivity contribution >= 4 is 12.0 Å². The largest absolute Gasteiger partial charge is 0.444 e. The number of carbonyl (C=O) groups excluding carboxylic acids is 2. The molecule has 0 spiro atoms. The minimum Gasteiger partial charge on any atom is -0.444 e. The van der Waals surface area contributed by atoms with Crippen LogP contribution in [0.2, 0.25) is 0 Å². The second-order valence-electron chi connectivity index (χ2n) is 9.09. The highest BCUT2D eigenvalue weighted by atomic mass is 16.6. The van der Waals surface area contributed by atoms with E-state index in [1.807, 2.05) is 45.9 Å². The highest BCUT2D eigenvalue weighted by Gasteiger charge is 2.27. The van der Waals surface area contributed by atoms with Gasteiger partial charge in [-0.3, -0.25) is 9.69 Å². The van der Waals surface area contributed by atoms with E-state index in [0.29, 0.717) is 19.0 Å². The first-order valence-electron chi connectivity index (χ1n) is 10.7. The second-order valence-corrected chi connectivity index (χ2v) is 9.09. The number of amides is 2. The Labute approximate surface area is 175 Å². The number of alkyl carbamates (subject to hydrolysis) is 1. The predicted octanol–water partition coefficient (Wildman–Crippen LogP) is 3.53. The van der Waals surface area contributed by atoms with E-state index in [-0.39, 0.29) is 24.0 Å². The molecule has 1 aliphatic rings. The molecule has 0 aromatic heterocycles. The van der Waals surface area contributed by atoms with E-state index in [1.165, 1.54) is 5.56 Å². The summed E-state index contributed by atoms with van der Waals surface area (Å²) in [5.41, 5.74) is 0.757. The van der Waals surface area contributed by atoms with Crippen molar-refractivity contribution < 1.29 is 14.3 Å². The van der Waals surface area contributed by atoms with E-state index in [4.69, 9.17) is 4.74 Å². The molecule has 0 radical (unpaired) electrons. The molecule has 2 N–H and O–H groups in total. The zero-order valence-electron chi connectivity index (χ0n) is 18.5. The van der Waals surface area contributed by atoms with Crippen molar-refractivity contribution in [2.24, 2.45) is 5.92 Å². The number of rotatable bonds is 7. The molecule has 6 nitrogen and oxygen atoms in total. The van der Waals surface area contributed by atoms with Crippen molar-refractivity contribution in [3.05, 3.63) is 35.9 Å². The van der Waals surface area contributed by atoms with Crippen molar-refractivity contribution in [2.45, 2.75) is 65.0 Å². The van der Waals surface area contributed by atoms with Crippen LogP contribution in [-0.4, -0.2) is 54.7 Å². The maximum absolute atomic E-state index is 12.6. The highest BCUT2D eigenvalue weighted by Crippen LogP contribution is 2.19. The molecule has 162 valence electrons. The first-order chi connectivity index (χ1) is 13.7. The molecular weight excluding hydrogens is 366 g/mol. The Kier molecular flexibility index (Phi) is 8.50. The maximum atomic E-state index is 12.6. The van der Waals surface area contributed by atoms with Gasteiger partial charge in [0, 0.05) is 13.1 Å². The normalized spacial score (nSPS) is 18.0. The molecule has 1 aromatic carbocycles. The molecule has 2 atom stereocenters. The molecule has 0 aliphatic carbocycles. The van der Waals surface area contributed by atoms with Crippen molar-refractivity contribution in [3.63, 3.8) is 0 Å². The molecule has 1 aromatic rings. The van der Waals surface area contributed by atoms with Crippen LogP contribution in [-0.2, 0) is 9.53 Å². The van der Waals surface area contributed by atoms with Crippen LogP contribution in [0.1, 0.15) is 58.9 Å². The van der Waals surface area contributed by atoms with Crippen LogP contribution in [0.5, 0.6) is 0 Å². The average Bonchev–Trinajstić information content (AvgIpc) is 2.69. The van der Waals surface area contributed by atoms with Crippen LogP contribution in [0.25, 0.3) is 0 Å². The lowest BCUT2D eigenvalue weighted by Crippen LogP contribution is -2.49. The van der Waals surface area contributed by atoms with Gasteiger partial charge in [-0.1, -0.05) is 37.3 Å². The molecule has 1 heterocycles. The SMILES string of the molecule is CC(CNC(=O)C(C)N1CCC(CNC(=O)OC(C)(C)C)CC1)c1ccccc1. The topological polar surface area (TPSA) is 70.7 Å². The molecule has 1 aliphatic heterocycles. The fourth-order valence-electron chi connectivity index (χ4n) is 3.55. The summed E-state index contributed by atoms with van der Waals surface area (Å²) >= 11 is 0. The summed E-state index contributed by atoms with van der Waals surface area (Å²) in [6, 6.07) is 10.1. The smallest absolute Gasteiger partial charge is 0.407 e. The summed E-state index contributed by atoms with van der Waals surface area (Å²) in [5.74, 6) is 0.794. The first-order valence-corrected chi connectivity index (χ1v) is 10.7. The maximum Gasteiger partial charge on any atom is 0.407 e. The van der Waals surface area contributed by atoms with Gasteiger partial charge in [-0.2, -0.15) is 0 Å². The summed E-state index contributed by atoms with van der Waals surface area (Å²) in [7, 11) is 0. The molecular formula is C23H37N3O3. The van der Waals surface area contributed by atoms with Crippen LogP contribution in [0, 0.1) is 5.92 Å². The van der Waals surface area contributed by atoms with Gasteiger partial charge in [0.25, 0.3) is 0 Å². The number of nitrogens with zero attached hydrogens (tertiary/aromatic N) is 1. The summed E-state index contributed by atoms with van der Waals surface area (Å²) in [5, 5.41) is 5.96. The third kappa shape index (κ3) is 8.05. The Morgan fingerprint density at radius 1 is 1.10 bits per heavy atom. The minimum atomic E-state index is -0.478. The summed E-state index contributed by atoms with van der Waals surface area (Å²) in [6.07, 6.45) is 1.57. The van der Waals surface area contributed by atoms with E-state index in [2.05, 4.69) is 34.6 Å². The molecule has 2 amide bonds. The molecule has 1 fully saturated rings. The molecule has 0 saturated carbocycles. The van der Waals surface area contributed by atoms with E-state index in [0.717, 1.165) is 25.9 Å². The van der Waals surface area contributed by atoms with Crippen LogP contribution < -0.4 is 10.6 Å². The number of ether oxygens (including phenoxy) is 1. The summed E-state index contributed by atoms with van der Waals surface area (Å²) in [6.45, 7) is 12.7. The third-order valence-electron chi connectivity index (χ3n) is 5.46. The lowest BCUT2D eigenvalue weighted by Gasteiger charge is -2.35. The van der Waals surface area contributed by atoms with Crippen LogP contribution >= 0.6 is 0 Å². The number of nitrogens with one attached hydrogen (secondary N) is 2. The van der Waals surface area contributed by atoms with Crippen LogP contribution in [0.15, 0.2) is 30.3 Å². The van der Waals surface area contributed by atoms with Crippen molar-refractivity contribution in [1.29, 1.82) is 0 Å². The Morgan fingerprint density at radius 2 is 1.72 bits per heavy atom. The average molecular weight is 404 g/mol. The fourth-order valence-corrected chi connectivity index (χ4v) is 3.55. The van der Waals surface area contributed by atoms with Crippen molar-refractivity contribution in [2.75, 3.05) is 26.2 Å². The van der Waals surface area contributed by atoms with Crippen LogP contribution in [0.3, 0.4) is 0 Å². The molecule has 29 heavy (non-hydrogen) atoms. The molecule has 0 bridgehead atoms. The van der Waals surface area contributed by atoms with Gasteiger partial charge < -0.3 is 15.4 Å². The van der Waals surface area contributed by atoms with Gasteiger partial charge in [-0.25, -0.2) is 4.79 Å². The third-order valence-corrected chi connectivity index (χ3v) is 5.46. The quantitative estimate of drug-likeness (QED) is 0.731.